The third kappa shape index (κ3) is 7.83. The topological polar surface area (TPSA) is 93.7 Å². The van der Waals surface area contributed by atoms with Crippen molar-refractivity contribution in [3.05, 3.63) is 64.7 Å². The minimum Gasteiger partial charge on any atom is -0.434 e. The average molecular weight is 419 g/mol. The Balaban J connectivity index is 1.66. The molecule has 0 aliphatic heterocycles. The van der Waals surface area contributed by atoms with Crippen LogP contribution in [0.5, 0.6) is 5.75 Å². The van der Waals surface area contributed by atoms with E-state index in [4.69, 9.17) is 16.3 Å². The van der Waals surface area contributed by atoms with Gasteiger partial charge in [-0.3, -0.25) is 9.59 Å². The molecule has 0 atom stereocenters. The molecular formula is C21H23ClN2O5. The molecule has 29 heavy (non-hydrogen) atoms. The molecule has 7 nitrogen and oxygen atoms in total. The number of aryl methyl sites for hydroxylation is 1. The van der Waals surface area contributed by atoms with Crippen LogP contribution < -0.4 is 15.4 Å². The summed E-state index contributed by atoms with van der Waals surface area (Å²) in [6, 6.07) is 13.5. The van der Waals surface area contributed by atoms with Gasteiger partial charge in [-0.1, -0.05) is 29.8 Å². The molecule has 0 spiro atoms. The predicted octanol–water partition coefficient (Wildman–Crippen LogP) is 3.35. The van der Waals surface area contributed by atoms with E-state index < -0.39 is 6.16 Å². The molecule has 0 aliphatic carbocycles. The van der Waals surface area contributed by atoms with E-state index in [1.807, 2.05) is 18.2 Å². The number of hydrogen-bond acceptors (Lipinski definition) is 5. The van der Waals surface area contributed by atoms with E-state index >= 15 is 0 Å². The fourth-order valence-electron chi connectivity index (χ4n) is 2.44. The molecule has 0 saturated heterocycles. The van der Waals surface area contributed by atoms with Crippen molar-refractivity contribution in [2.24, 2.45) is 0 Å². The molecule has 0 fully saturated rings. The average Bonchev–Trinajstić information content (AvgIpc) is 2.71. The fourth-order valence-corrected chi connectivity index (χ4v) is 2.67. The number of halogens is 1. The highest BCUT2D eigenvalue weighted by Crippen LogP contribution is 2.16. The zero-order valence-corrected chi connectivity index (χ0v) is 16.8. The van der Waals surface area contributed by atoms with E-state index in [9.17, 15) is 14.4 Å². The lowest BCUT2D eigenvalue weighted by molar-refractivity contribution is -0.121. The maximum atomic E-state index is 12.1. The van der Waals surface area contributed by atoms with Crippen LogP contribution in [0.4, 0.5) is 4.79 Å². The Morgan fingerprint density at radius 1 is 0.966 bits per heavy atom. The number of nitrogens with one attached hydrogen (secondary N) is 2. The fraction of sp³-hybridized carbons (Fsp3) is 0.286. The standard InChI is InChI=1S/C21H23ClN2O5/c1-2-28-21(27)29-17-10-7-16(8-11-17)20(26)24-14-13-23-19(25)12-9-15-5-3-4-6-18(15)22/h3-8,10-11H,2,9,12-14H2,1H3,(H,23,25)(H,24,26). The monoisotopic (exact) mass is 418 g/mol. The van der Waals surface area contributed by atoms with Gasteiger partial charge in [0.25, 0.3) is 5.91 Å². The second kappa shape index (κ2) is 11.7. The van der Waals surface area contributed by atoms with E-state index in [-0.39, 0.29) is 30.7 Å². The quantitative estimate of drug-likeness (QED) is 0.370. The van der Waals surface area contributed by atoms with Crippen LogP contribution in [0.15, 0.2) is 48.5 Å². The molecule has 0 saturated carbocycles. The van der Waals surface area contributed by atoms with Gasteiger partial charge in [0.05, 0.1) is 6.61 Å². The number of rotatable bonds is 9. The van der Waals surface area contributed by atoms with Crippen LogP contribution in [0.1, 0.15) is 29.3 Å². The first-order valence-electron chi connectivity index (χ1n) is 9.22. The van der Waals surface area contributed by atoms with E-state index in [1.165, 1.54) is 24.3 Å². The number of amides is 2. The molecule has 0 heterocycles. The molecule has 2 rings (SSSR count). The number of carbonyl (C=O) groups is 3. The lowest BCUT2D eigenvalue weighted by Gasteiger charge is -2.08. The van der Waals surface area contributed by atoms with Crippen LogP contribution in [-0.4, -0.2) is 37.7 Å². The molecule has 0 unspecified atom stereocenters. The predicted molar refractivity (Wildman–Crippen MR) is 109 cm³/mol. The highest BCUT2D eigenvalue weighted by atomic mass is 35.5. The zero-order chi connectivity index (χ0) is 21.1. The molecule has 2 amide bonds. The van der Waals surface area contributed by atoms with Crippen molar-refractivity contribution in [1.82, 2.24) is 10.6 Å². The van der Waals surface area contributed by atoms with Crippen LogP contribution >= 0.6 is 11.6 Å². The van der Waals surface area contributed by atoms with Crippen LogP contribution in [0.25, 0.3) is 0 Å². The maximum Gasteiger partial charge on any atom is 0.513 e. The van der Waals surface area contributed by atoms with Crippen LogP contribution in [0, 0.1) is 0 Å². The molecule has 0 bridgehead atoms. The van der Waals surface area contributed by atoms with Gasteiger partial charge in [0.2, 0.25) is 5.91 Å². The first-order valence-corrected chi connectivity index (χ1v) is 9.60. The number of ether oxygens (including phenoxy) is 2. The molecule has 2 aromatic rings. The maximum absolute atomic E-state index is 12.1. The summed E-state index contributed by atoms with van der Waals surface area (Å²) in [7, 11) is 0. The van der Waals surface area contributed by atoms with Crippen molar-refractivity contribution in [2.45, 2.75) is 19.8 Å². The van der Waals surface area contributed by atoms with Crippen molar-refractivity contribution >= 4 is 29.6 Å². The van der Waals surface area contributed by atoms with Gasteiger partial charge in [0.1, 0.15) is 5.75 Å². The second-order valence-corrected chi connectivity index (χ2v) is 6.41. The highest BCUT2D eigenvalue weighted by molar-refractivity contribution is 6.31. The Morgan fingerprint density at radius 3 is 2.34 bits per heavy atom. The van der Waals surface area contributed by atoms with Gasteiger partial charge < -0.3 is 20.1 Å². The van der Waals surface area contributed by atoms with Crippen LogP contribution in [0.2, 0.25) is 5.02 Å². The summed E-state index contributed by atoms with van der Waals surface area (Å²) in [6.45, 7) is 2.50. The summed E-state index contributed by atoms with van der Waals surface area (Å²) in [5.74, 6) is -0.122. The van der Waals surface area contributed by atoms with Crippen molar-refractivity contribution in [3.63, 3.8) is 0 Å². The summed E-state index contributed by atoms with van der Waals surface area (Å²) in [4.78, 5) is 35.2. The first-order chi connectivity index (χ1) is 14.0. The van der Waals surface area contributed by atoms with E-state index in [2.05, 4.69) is 15.4 Å². The number of hydrogen-bond donors (Lipinski definition) is 2. The number of carbonyl (C=O) groups excluding carboxylic acids is 3. The number of benzene rings is 2. The van der Waals surface area contributed by atoms with Gasteiger partial charge >= 0.3 is 6.16 Å². The molecular weight excluding hydrogens is 396 g/mol. The Bertz CT molecular complexity index is 839. The first kappa shape index (κ1) is 22.2. The van der Waals surface area contributed by atoms with Gasteiger partial charge in [-0.2, -0.15) is 0 Å². The van der Waals surface area contributed by atoms with Crippen LogP contribution in [0.3, 0.4) is 0 Å². The zero-order valence-electron chi connectivity index (χ0n) is 16.1. The molecule has 2 N–H and O–H groups in total. The Labute approximate surface area is 174 Å². The van der Waals surface area contributed by atoms with Crippen molar-refractivity contribution in [2.75, 3.05) is 19.7 Å². The Hall–Kier alpha value is -3.06. The molecule has 8 heteroatoms. The lowest BCUT2D eigenvalue weighted by atomic mass is 10.1. The van der Waals surface area contributed by atoms with Crippen molar-refractivity contribution in [1.29, 1.82) is 0 Å². The summed E-state index contributed by atoms with van der Waals surface area (Å²) in [5.41, 5.74) is 1.33. The molecule has 0 radical (unpaired) electrons. The third-order valence-electron chi connectivity index (χ3n) is 3.89. The van der Waals surface area contributed by atoms with Gasteiger partial charge in [0.15, 0.2) is 0 Å². The smallest absolute Gasteiger partial charge is 0.434 e. The molecule has 0 aliphatic rings. The summed E-state index contributed by atoms with van der Waals surface area (Å²) >= 11 is 6.07. The van der Waals surface area contributed by atoms with Crippen LogP contribution in [-0.2, 0) is 16.0 Å². The normalized spacial score (nSPS) is 10.1. The van der Waals surface area contributed by atoms with Gasteiger partial charge in [-0.25, -0.2) is 4.79 Å². The SMILES string of the molecule is CCOC(=O)Oc1ccc(C(=O)NCCNC(=O)CCc2ccccc2Cl)cc1. The summed E-state index contributed by atoms with van der Waals surface area (Å²) in [6.07, 6.45) is 0.0764. The Kier molecular flexibility index (Phi) is 8.98. The highest BCUT2D eigenvalue weighted by Gasteiger charge is 2.09. The van der Waals surface area contributed by atoms with Gasteiger partial charge in [-0.05, 0) is 49.2 Å². The van der Waals surface area contributed by atoms with Crippen molar-refractivity contribution < 1.29 is 23.9 Å². The van der Waals surface area contributed by atoms with E-state index in [1.54, 1.807) is 13.0 Å². The minimum atomic E-state index is -0.796. The molecule has 154 valence electrons. The van der Waals surface area contributed by atoms with Gasteiger partial charge in [0, 0.05) is 30.1 Å². The molecule has 0 aromatic heterocycles. The third-order valence-corrected chi connectivity index (χ3v) is 4.26. The minimum absolute atomic E-state index is 0.111. The lowest BCUT2D eigenvalue weighted by Crippen LogP contribution is -2.34. The second-order valence-electron chi connectivity index (χ2n) is 6.01. The van der Waals surface area contributed by atoms with Gasteiger partial charge in [-0.15, -0.1) is 0 Å². The van der Waals surface area contributed by atoms with E-state index in [0.717, 1.165) is 5.56 Å². The largest absolute Gasteiger partial charge is 0.513 e. The molecule has 2 aromatic carbocycles. The van der Waals surface area contributed by atoms with E-state index in [0.29, 0.717) is 30.0 Å². The summed E-state index contributed by atoms with van der Waals surface area (Å²) < 4.78 is 9.60. The Morgan fingerprint density at radius 2 is 1.66 bits per heavy atom. The summed E-state index contributed by atoms with van der Waals surface area (Å²) in [5, 5.41) is 6.11. The van der Waals surface area contributed by atoms with Crippen molar-refractivity contribution in [3.8, 4) is 5.75 Å².